The number of unbranched alkanes of at least 4 members (excludes halogenated alkanes) is 3. The number of aromatic nitrogens is 1. The van der Waals surface area contributed by atoms with Crippen LogP contribution < -0.4 is 45.1 Å². The van der Waals surface area contributed by atoms with Crippen molar-refractivity contribution in [2.75, 3.05) is 23.7 Å². The van der Waals surface area contributed by atoms with Crippen LogP contribution in [0.1, 0.15) is 82.7 Å². The van der Waals surface area contributed by atoms with Gasteiger partial charge in [0.05, 0.1) is 5.75 Å². The van der Waals surface area contributed by atoms with Crippen LogP contribution >= 0.6 is 0 Å². The first-order chi connectivity index (χ1) is 21.6. The topological polar surface area (TPSA) is 138 Å². The Balaban J connectivity index is 0.00000384. The molecule has 246 valence electrons. The van der Waals surface area contributed by atoms with Crippen molar-refractivity contribution >= 4 is 44.4 Å². The van der Waals surface area contributed by atoms with Crippen molar-refractivity contribution in [1.29, 1.82) is 0 Å². The van der Waals surface area contributed by atoms with Gasteiger partial charge in [-0.25, -0.2) is 0 Å². The maximum atomic E-state index is 13.6. The average Bonchev–Trinajstić information content (AvgIpc) is 3.39. The zero-order valence-electron chi connectivity index (χ0n) is 28.3. The number of anilines is 1. The Morgan fingerprint density at radius 2 is 1.67 bits per heavy atom. The van der Waals surface area contributed by atoms with Gasteiger partial charge in [0.15, 0.2) is 0 Å². The molecule has 0 spiro atoms. The standard InChI is InChI=1S/C34H46N4O6S.Na.H/c1-3-25-12-11-14-29(22-25)37(4-2)32(39)24-38-30-15-8-7-13-27(30)23-31(38)34(41)36-28-18-16-26(17-19-28)33(40)35-20-9-5-6-10-21-45(42,43)44;;/h7-8,11-15,22-23,26,28H,3-6,9-10,16-21,24H2,1-2H3,(H,35,40)(H,36,41)(H,42,43,44);;/q;+1;-1. The summed E-state index contributed by atoms with van der Waals surface area (Å²) < 4.78 is 32.2. The zero-order valence-corrected chi connectivity index (χ0v) is 30.2. The Morgan fingerprint density at radius 3 is 2.37 bits per heavy atom. The number of nitrogens with one attached hydrogen (secondary N) is 2. The second-order valence-corrected chi connectivity index (χ2v) is 13.4. The van der Waals surface area contributed by atoms with E-state index in [4.69, 9.17) is 4.55 Å². The second kappa shape index (κ2) is 18.0. The summed E-state index contributed by atoms with van der Waals surface area (Å²) >= 11 is 0. The molecule has 1 fully saturated rings. The van der Waals surface area contributed by atoms with Crippen LogP contribution in [0, 0.1) is 5.92 Å². The number of likely N-dealkylation sites (N-methyl/N-ethyl adjacent to an activating group) is 1. The number of carbonyl (C=O) groups is 3. The van der Waals surface area contributed by atoms with E-state index in [0.29, 0.717) is 57.3 Å². The molecule has 0 atom stereocenters. The fraction of sp³-hybridized carbons (Fsp3) is 0.500. The zero-order chi connectivity index (χ0) is 32.4. The number of para-hydroxylation sites is 1. The van der Waals surface area contributed by atoms with Crippen molar-refractivity contribution in [2.24, 2.45) is 5.92 Å². The van der Waals surface area contributed by atoms with Gasteiger partial charge in [-0.2, -0.15) is 8.42 Å². The minimum Gasteiger partial charge on any atom is -1.00 e. The number of carbonyl (C=O) groups excluding carboxylic acids is 3. The summed E-state index contributed by atoms with van der Waals surface area (Å²) in [6.45, 7) is 5.12. The third-order valence-electron chi connectivity index (χ3n) is 8.65. The second-order valence-electron chi connectivity index (χ2n) is 11.8. The molecule has 46 heavy (non-hydrogen) atoms. The Bertz CT molecular complexity index is 1590. The molecule has 3 aromatic rings. The molecule has 1 aliphatic carbocycles. The van der Waals surface area contributed by atoms with Crippen molar-refractivity contribution in [2.45, 2.75) is 84.2 Å². The van der Waals surface area contributed by atoms with Gasteiger partial charge < -0.3 is 21.5 Å². The molecule has 1 aromatic heterocycles. The normalized spacial score (nSPS) is 16.4. The van der Waals surface area contributed by atoms with Crippen LogP contribution in [-0.2, 0) is 32.7 Å². The van der Waals surface area contributed by atoms with Crippen LogP contribution in [0.5, 0.6) is 0 Å². The summed E-state index contributed by atoms with van der Waals surface area (Å²) in [5, 5.41) is 7.04. The van der Waals surface area contributed by atoms with Gasteiger partial charge in [0.1, 0.15) is 12.2 Å². The van der Waals surface area contributed by atoms with Crippen LogP contribution in [0.4, 0.5) is 5.69 Å². The number of rotatable bonds is 15. The number of aryl methyl sites for hydroxylation is 1. The Hall–Kier alpha value is -2.70. The van der Waals surface area contributed by atoms with Crippen molar-refractivity contribution < 1.29 is 58.3 Å². The van der Waals surface area contributed by atoms with E-state index in [2.05, 4.69) is 17.6 Å². The van der Waals surface area contributed by atoms with Crippen molar-refractivity contribution in [3.8, 4) is 0 Å². The fourth-order valence-corrected chi connectivity index (χ4v) is 6.68. The van der Waals surface area contributed by atoms with E-state index < -0.39 is 10.1 Å². The minimum absolute atomic E-state index is 0. The van der Waals surface area contributed by atoms with Crippen LogP contribution in [0.2, 0.25) is 0 Å². The number of hydrogen-bond donors (Lipinski definition) is 3. The van der Waals surface area contributed by atoms with Gasteiger partial charge in [-0.15, -0.1) is 0 Å². The van der Waals surface area contributed by atoms with Gasteiger partial charge in [-0.05, 0) is 81.7 Å². The van der Waals surface area contributed by atoms with E-state index in [9.17, 15) is 22.8 Å². The van der Waals surface area contributed by atoms with Gasteiger partial charge in [0, 0.05) is 41.6 Å². The Morgan fingerprint density at radius 1 is 0.957 bits per heavy atom. The van der Waals surface area contributed by atoms with Crippen LogP contribution in [-0.4, -0.2) is 60.1 Å². The van der Waals surface area contributed by atoms with E-state index in [1.54, 1.807) is 9.47 Å². The summed E-state index contributed by atoms with van der Waals surface area (Å²) in [5.41, 5.74) is 3.28. The molecule has 3 amide bonds. The summed E-state index contributed by atoms with van der Waals surface area (Å²) in [6, 6.07) is 17.5. The summed E-state index contributed by atoms with van der Waals surface area (Å²) in [4.78, 5) is 41.7. The molecule has 12 heteroatoms. The molecule has 0 unspecified atom stereocenters. The molecule has 0 saturated heterocycles. The van der Waals surface area contributed by atoms with E-state index in [1.165, 1.54) is 0 Å². The third-order valence-corrected chi connectivity index (χ3v) is 9.45. The molecule has 0 aliphatic heterocycles. The minimum atomic E-state index is -3.91. The Labute approximate surface area is 296 Å². The maximum Gasteiger partial charge on any atom is 1.00 e. The molecule has 2 aromatic carbocycles. The number of amides is 3. The van der Waals surface area contributed by atoms with E-state index in [1.807, 2.05) is 61.5 Å². The summed E-state index contributed by atoms with van der Waals surface area (Å²) in [6.07, 6.45) is 6.22. The molecule has 10 nitrogen and oxygen atoms in total. The molecule has 3 N–H and O–H groups in total. The van der Waals surface area contributed by atoms with Gasteiger partial charge in [0.2, 0.25) is 11.8 Å². The van der Waals surface area contributed by atoms with Crippen molar-refractivity contribution in [3.63, 3.8) is 0 Å². The van der Waals surface area contributed by atoms with Crippen molar-refractivity contribution in [3.05, 3.63) is 65.9 Å². The summed E-state index contributed by atoms with van der Waals surface area (Å²) in [7, 11) is -3.91. The third kappa shape index (κ3) is 10.7. The molecule has 4 rings (SSSR count). The SMILES string of the molecule is CCc1cccc(N(CC)C(=O)Cn2c(C(=O)NC3CCC(C(=O)NCCCCCCS(=O)(=O)O)CC3)cc3ccccc32)c1.[H-].[Na+]. The fourth-order valence-electron chi connectivity index (χ4n) is 6.11. The molecule has 0 bridgehead atoms. The molecular formula is C34H47N4NaO6S. The number of benzene rings is 2. The first kappa shape index (κ1) is 37.8. The van der Waals surface area contributed by atoms with E-state index in [-0.39, 0.29) is 73.0 Å². The summed E-state index contributed by atoms with van der Waals surface area (Å²) in [5.74, 6) is -0.637. The molecular weight excluding hydrogens is 615 g/mol. The van der Waals surface area contributed by atoms with Crippen molar-refractivity contribution in [1.82, 2.24) is 15.2 Å². The quantitative estimate of drug-likeness (QED) is 0.130. The molecule has 1 heterocycles. The molecule has 0 radical (unpaired) electrons. The first-order valence-corrected chi connectivity index (χ1v) is 17.7. The van der Waals surface area contributed by atoms with Gasteiger partial charge in [-0.1, -0.05) is 50.1 Å². The van der Waals surface area contributed by atoms with Gasteiger partial charge in [-0.3, -0.25) is 18.9 Å². The number of hydrogen-bond acceptors (Lipinski definition) is 5. The van der Waals surface area contributed by atoms with Gasteiger partial charge >= 0.3 is 29.6 Å². The molecule has 1 saturated carbocycles. The predicted molar refractivity (Wildman–Crippen MR) is 178 cm³/mol. The van der Waals surface area contributed by atoms with E-state index >= 15 is 0 Å². The largest absolute Gasteiger partial charge is 1.00 e. The Kier molecular flexibility index (Phi) is 14.8. The predicted octanol–water partition coefficient (Wildman–Crippen LogP) is 2.23. The first-order valence-electron chi connectivity index (χ1n) is 16.1. The van der Waals surface area contributed by atoms with Gasteiger partial charge in [0.25, 0.3) is 16.0 Å². The van der Waals surface area contributed by atoms with E-state index in [0.717, 1.165) is 41.4 Å². The average molecular weight is 663 g/mol. The monoisotopic (exact) mass is 662 g/mol. The number of nitrogens with zero attached hydrogens (tertiary/aromatic N) is 2. The van der Waals surface area contributed by atoms with Crippen LogP contribution in [0.15, 0.2) is 54.6 Å². The number of fused-ring (bicyclic) bond motifs is 1. The maximum absolute atomic E-state index is 13.6. The smallest absolute Gasteiger partial charge is 1.00 e. The molecule has 1 aliphatic rings. The van der Waals surface area contributed by atoms with Crippen LogP contribution in [0.3, 0.4) is 0 Å². The van der Waals surface area contributed by atoms with Crippen LogP contribution in [0.25, 0.3) is 10.9 Å².